The van der Waals surface area contributed by atoms with Crippen LogP contribution in [0.15, 0.2) is 54.6 Å². The molecule has 3 rings (SSSR count). The second-order valence-electron chi connectivity index (χ2n) is 6.53. The van der Waals surface area contributed by atoms with Crippen LogP contribution in [0, 0.1) is 0 Å². The fourth-order valence-electron chi connectivity index (χ4n) is 3.15. The van der Waals surface area contributed by atoms with Gasteiger partial charge in [-0.15, -0.1) is 0 Å². The predicted molar refractivity (Wildman–Crippen MR) is 96.1 cm³/mol. The highest BCUT2D eigenvalue weighted by molar-refractivity contribution is 5.35. The summed E-state index contributed by atoms with van der Waals surface area (Å²) in [5.41, 5.74) is 2.58. The fourth-order valence-corrected chi connectivity index (χ4v) is 3.15. The van der Waals surface area contributed by atoms with E-state index in [0.29, 0.717) is 17.6 Å². The Balaban J connectivity index is 0.000000185. The van der Waals surface area contributed by atoms with E-state index in [0.717, 1.165) is 5.56 Å². The third kappa shape index (κ3) is 5.40. The Bertz CT molecular complexity index is 557. The average molecular weight is 312 g/mol. The predicted octanol–water partition coefficient (Wildman–Crippen LogP) is 6.40. The Labute approximate surface area is 140 Å². The Kier molecular flexibility index (Phi) is 7.15. The minimum absolute atomic E-state index is 0.576. The van der Waals surface area contributed by atoms with Gasteiger partial charge in [0, 0.05) is 5.56 Å². The zero-order chi connectivity index (χ0) is 16.5. The molecule has 0 aliphatic heterocycles. The van der Waals surface area contributed by atoms with Crippen molar-refractivity contribution in [3.05, 3.63) is 65.7 Å². The lowest BCUT2D eigenvalue weighted by molar-refractivity contribution is -0.138. The molecule has 2 heteroatoms. The van der Waals surface area contributed by atoms with Gasteiger partial charge < -0.3 is 4.89 Å². The molecule has 1 aliphatic carbocycles. The zero-order valence-corrected chi connectivity index (χ0v) is 14.2. The summed E-state index contributed by atoms with van der Waals surface area (Å²) in [5, 5.41) is 8.75. The van der Waals surface area contributed by atoms with Gasteiger partial charge in [0.05, 0.1) is 0 Å². The third-order valence-corrected chi connectivity index (χ3v) is 4.53. The summed E-state index contributed by atoms with van der Waals surface area (Å²) >= 11 is 0. The van der Waals surface area contributed by atoms with E-state index in [9.17, 15) is 0 Å². The van der Waals surface area contributed by atoms with Gasteiger partial charge in [0.25, 0.3) is 0 Å². The number of para-hydroxylation sites is 1. The van der Waals surface area contributed by atoms with Gasteiger partial charge in [-0.3, -0.25) is 0 Å². The quantitative estimate of drug-likeness (QED) is 0.525. The van der Waals surface area contributed by atoms with Crippen molar-refractivity contribution in [2.45, 2.75) is 57.8 Å². The van der Waals surface area contributed by atoms with Crippen LogP contribution in [0.2, 0.25) is 0 Å². The van der Waals surface area contributed by atoms with Crippen molar-refractivity contribution in [3.8, 4) is 5.75 Å². The standard InChI is InChI=1S/C12H16O2.C9H12/c13-14-12-9-5-4-8-11(12)10-6-2-1-3-7-10;1-8(2)9-6-4-3-5-7-9/h4-5,8-10,13H,1-3,6-7H2;3-8H,1-2H3. The number of hydrogen-bond acceptors (Lipinski definition) is 2. The molecule has 2 nitrogen and oxygen atoms in total. The van der Waals surface area contributed by atoms with E-state index in [4.69, 9.17) is 5.26 Å². The highest BCUT2D eigenvalue weighted by Crippen LogP contribution is 2.36. The molecular weight excluding hydrogens is 284 g/mol. The molecule has 0 bridgehead atoms. The molecule has 23 heavy (non-hydrogen) atoms. The van der Waals surface area contributed by atoms with Gasteiger partial charge in [-0.25, -0.2) is 5.26 Å². The summed E-state index contributed by atoms with van der Waals surface area (Å²) in [4.78, 5) is 4.40. The van der Waals surface area contributed by atoms with E-state index in [1.54, 1.807) is 0 Å². The largest absolute Gasteiger partial charge is 0.340 e. The molecule has 2 aromatic carbocycles. The molecule has 0 radical (unpaired) electrons. The molecule has 0 aromatic heterocycles. The molecular formula is C21H28O2. The van der Waals surface area contributed by atoms with Crippen molar-refractivity contribution in [2.75, 3.05) is 0 Å². The molecule has 124 valence electrons. The SMILES string of the molecule is CC(C)c1ccccc1.OOc1ccccc1C1CCCCC1. The molecule has 0 atom stereocenters. The molecule has 0 heterocycles. The second kappa shape index (κ2) is 9.36. The fraction of sp³-hybridized carbons (Fsp3) is 0.429. The van der Waals surface area contributed by atoms with Crippen molar-refractivity contribution in [2.24, 2.45) is 0 Å². The zero-order valence-electron chi connectivity index (χ0n) is 14.2. The molecule has 2 aromatic rings. The molecule has 1 fully saturated rings. The normalized spacial score (nSPS) is 15.0. The smallest absolute Gasteiger partial charge is 0.168 e. The van der Waals surface area contributed by atoms with Crippen molar-refractivity contribution in [1.82, 2.24) is 0 Å². The first-order chi connectivity index (χ1) is 11.2. The van der Waals surface area contributed by atoms with E-state index in [1.165, 1.54) is 37.7 Å². The molecule has 0 saturated heterocycles. The summed E-state index contributed by atoms with van der Waals surface area (Å²) in [7, 11) is 0. The molecule has 0 spiro atoms. The van der Waals surface area contributed by atoms with Crippen LogP contribution >= 0.6 is 0 Å². The maximum absolute atomic E-state index is 8.75. The van der Waals surface area contributed by atoms with Crippen LogP contribution in [-0.4, -0.2) is 5.26 Å². The van der Waals surface area contributed by atoms with E-state index in [2.05, 4.69) is 49.1 Å². The molecule has 1 aliphatic rings. The third-order valence-electron chi connectivity index (χ3n) is 4.53. The van der Waals surface area contributed by atoms with Gasteiger partial charge in [0.15, 0.2) is 5.75 Å². The Morgan fingerprint density at radius 2 is 1.48 bits per heavy atom. The maximum atomic E-state index is 8.75. The van der Waals surface area contributed by atoms with Crippen LogP contribution in [0.25, 0.3) is 0 Å². The lowest BCUT2D eigenvalue weighted by atomic mass is 9.84. The van der Waals surface area contributed by atoms with E-state index in [-0.39, 0.29) is 0 Å². The van der Waals surface area contributed by atoms with Crippen LogP contribution in [-0.2, 0) is 0 Å². The Morgan fingerprint density at radius 3 is 2.04 bits per heavy atom. The Hall–Kier alpha value is -1.80. The first-order valence-electron chi connectivity index (χ1n) is 8.67. The molecule has 0 amide bonds. The van der Waals surface area contributed by atoms with E-state index in [1.807, 2.05) is 24.3 Å². The van der Waals surface area contributed by atoms with Gasteiger partial charge >= 0.3 is 0 Å². The summed E-state index contributed by atoms with van der Waals surface area (Å²) < 4.78 is 0. The van der Waals surface area contributed by atoms with Crippen molar-refractivity contribution in [1.29, 1.82) is 0 Å². The van der Waals surface area contributed by atoms with Crippen LogP contribution in [0.3, 0.4) is 0 Å². The van der Waals surface area contributed by atoms with Crippen LogP contribution in [0.1, 0.15) is 68.9 Å². The monoisotopic (exact) mass is 312 g/mol. The molecule has 1 saturated carbocycles. The first kappa shape index (κ1) is 17.6. The Morgan fingerprint density at radius 1 is 0.870 bits per heavy atom. The maximum Gasteiger partial charge on any atom is 0.168 e. The van der Waals surface area contributed by atoms with Gasteiger partial charge in [0.1, 0.15) is 0 Å². The average Bonchev–Trinajstić information content (AvgIpc) is 2.63. The van der Waals surface area contributed by atoms with Crippen molar-refractivity contribution < 1.29 is 10.1 Å². The lowest BCUT2D eigenvalue weighted by Crippen LogP contribution is -2.06. The summed E-state index contributed by atoms with van der Waals surface area (Å²) in [6.45, 7) is 4.41. The summed E-state index contributed by atoms with van der Waals surface area (Å²) in [6, 6.07) is 18.3. The highest BCUT2D eigenvalue weighted by Gasteiger charge is 2.18. The van der Waals surface area contributed by atoms with E-state index < -0.39 is 0 Å². The van der Waals surface area contributed by atoms with Gasteiger partial charge in [-0.2, -0.15) is 0 Å². The van der Waals surface area contributed by atoms with Crippen LogP contribution < -0.4 is 4.89 Å². The summed E-state index contributed by atoms with van der Waals surface area (Å²) in [6.07, 6.45) is 6.38. The minimum Gasteiger partial charge on any atom is -0.340 e. The van der Waals surface area contributed by atoms with Crippen molar-refractivity contribution in [3.63, 3.8) is 0 Å². The van der Waals surface area contributed by atoms with E-state index >= 15 is 0 Å². The van der Waals surface area contributed by atoms with Gasteiger partial charge in [-0.05, 0) is 36.3 Å². The van der Waals surface area contributed by atoms with Crippen molar-refractivity contribution >= 4 is 0 Å². The van der Waals surface area contributed by atoms with Gasteiger partial charge in [0.2, 0.25) is 0 Å². The summed E-state index contributed by atoms with van der Waals surface area (Å²) in [5.74, 6) is 1.86. The topological polar surface area (TPSA) is 29.5 Å². The number of hydrogen-bond donors (Lipinski definition) is 1. The first-order valence-corrected chi connectivity index (χ1v) is 8.67. The molecule has 0 unspecified atom stereocenters. The lowest BCUT2D eigenvalue weighted by Gasteiger charge is -2.22. The minimum atomic E-state index is 0.576. The van der Waals surface area contributed by atoms with Crippen LogP contribution in [0.5, 0.6) is 5.75 Å². The van der Waals surface area contributed by atoms with Crippen LogP contribution in [0.4, 0.5) is 0 Å². The molecule has 1 N–H and O–H groups in total. The second-order valence-corrected chi connectivity index (χ2v) is 6.53. The highest BCUT2D eigenvalue weighted by atomic mass is 17.1. The number of benzene rings is 2. The number of rotatable bonds is 3. The van der Waals surface area contributed by atoms with Gasteiger partial charge in [-0.1, -0.05) is 81.6 Å².